The summed E-state index contributed by atoms with van der Waals surface area (Å²) in [5, 5.41) is 55.1. The highest BCUT2D eigenvalue weighted by Gasteiger charge is 2.34. The quantitative estimate of drug-likeness (QED) is 0.0420. The molecule has 14 N–H and O–H groups in total. The van der Waals surface area contributed by atoms with Gasteiger partial charge in [-0.25, -0.2) is 0 Å². The van der Waals surface area contributed by atoms with E-state index < -0.39 is 133 Å². The van der Waals surface area contributed by atoms with Gasteiger partial charge in [-0.2, -0.15) is 0 Å². The van der Waals surface area contributed by atoms with Gasteiger partial charge in [-0.05, 0) is 49.2 Å². The van der Waals surface area contributed by atoms with Gasteiger partial charge in [0.15, 0.2) is 0 Å². The second-order valence-electron chi connectivity index (χ2n) is 16.6. The molecule has 0 heterocycles. The van der Waals surface area contributed by atoms with Crippen molar-refractivity contribution in [1.82, 2.24) is 31.9 Å². The SMILES string of the molecule is CC(=O)N[C@@H](CCC(=O)O)C(=O)N[C@H](C(=O)N[C@@H](CC(N)=O)C(=O)NC(CC(C)C)C(O)C/C=C(/O)CC(C)C(=O)N[C@@H](CCC(=O)O)C(=O)N[C@@H](Cc1ccccc1)C(N)=O)C(C)C. The van der Waals surface area contributed by atoms with Crippen molar-refractivity contribution in [1.29, 1.82) is 0 Å². The van der Waals surface area contributed by atoms with E-state index in [1.54, 1.807) is 58.0 Å². The Hall–Kier alpha value is -6.58. The van der Waals surface area contributed by atoms with E-state index in [-0.39, 0.29) is 50.2 Å². The number of aliphatic carboxylic acids is 2. The highest BCUT2D eigenvalue weighted by molar-refractivity contribution is 5.96. The highest BCUT2D eigenvalue weighted by atomic mass is 16.4. The van der Waals surface area contributed by atoms with Gasteiger partial charge in [0, 0.05) is 38.5 Å². The minimum absolute atomic E-state index is 0.0392. The number of primary amides is 2. The highest BCUT2D eigenvalue weighted by Crippen LogP contribution is 2.17. The summed E-state index contributed by atoms with van der Waals surface area (Å²) in [5.74, 6) is -11.3. The van der Waals surface area contributed by atoms with Gasteiger partial charge in [0.2, 0.25) is 47.3 Å². The number of amides is 8. The number of nitrogens with one attached hydrogen (secondary N) is 6. The molecule has 0 saturated carbocycles. The normalized spacial score (nSPS) is 15.1. The third-order valence-corrected chi connectivity index (χ3v) is 9.92. The number of benzene rings is 1. The fraction of sp³-hybridized carbons (Fsp3) is 0.581. The Labute approximate surface area is 377 Å². The van der Waals surface area contributed by atoms with Crippen molar-refractivity contribution in [2.45, 2.75) is 142 Å². The van der Waals surface area contributed by atoms with Gasteiger partial charge in [-0.3, -0.25) is 47.9 Å². The first-order valence-electron chi connectivity index (χ1n) is 21.2. The summed E-state index contributed by atoms with van der Waals surface area (Å²) >= 11 is 0. The van der Waals surface area contributed by atoms with Crippen molar-refractivity contribution in [3.8, 4) is 0 Å². The third-order valence-electron chi connectivity index (χ3n) is 9.92. The molecule has 0 saturated heterocycles. The second kappa shape index (κ2) is 28.3. The first-order chi connectivity index (χ1) is 30.3. The molecule has 1 aromatic rings. The minimum Gasteiger partial charge on any atom is -0.513 e. The summed E-state index contributed by atoms with van der Waals surface area (Å²) in [4.78, 5) is 125. The van der Waals surface area contributed by atoms with E-state index in [9.17, 15) is 63.3 Å². The lowest BCUT2D eigenvalue weighted by molar-refractivity contribution is -0.139. The van der Waals surface area contributed by atoms with Crippen LogP contribution in [0.1, 0.15) is 98.5 Å². The summed E-state index contributed by atoms with van der Waals surface area (Å²) in [6.45, 7) is 9.28. The standard InChI is InChI=1S/C43H66N8O14/c1-22(2)18-30(48-42(64)32(21-34(44)55)50-43(65)37(23(3)4)51-41(63)28(46-25(6)52)13-16-35(56)57)33(54)15-12-27(53)19-24(5)39(61)47-29(14-17-36(58)59)40(62)49-31(38(45)60)20-26-10-8-7-9-11-26/h7-12,22-24,28-33,37,53-54H,13-21H2,1-6H3,(H2,44,55)(H2,45,60)(H,46,52)(H,47,61)(H,48,64)(H,49,62)(H,50,65)(H,51,63)(H,56,57)(H,58,59)/b27-12+/t24?,28-,29-,30?,31-,32-,33?,37-/m0/s1. The molecule has 0 aliphatic heterocycles. The minimum atomic E-state index is -1.59. The molecule has 362 valence electrons. The number of carboxylic acids is 2. The van der Waals surface area contributed by atoms with Gasteiger partial charge in [0.1, 0.15) is 30.2 Å². The first kappa shape index (κ1) is 56.4. The van der Waals surface area contributed by atoms with Crippen molar-refractivity contribution >= 4 is 59.2 Å². The monoisotopic (exact) mass is 918 g/mol. The van der Waals surface area contributed by atoms with Gasteiger partial charge in [-0.1, -0.05) is 65.0 Å². The van der Waals surface area contributed by atoms with E-state index in [2.05, 4.69) is 31.9 Å². The number of hydrogen-bond donors (Lipinski definition) is 12. The average Bonchev–Trinajstić information content (AvgIpc) is 3.20. The molecule has 0 fully saturated rings. The molecule has 22 nitrogen and oxygen atoms in total. The second-order valence-corrected chi connectivity index (χ2v) is 16.6. The lowest BCUT2D eigenvalue weighted by atomic mass is 9.95. The Morgan fingerprint density at radius 3 is 1.63 bits per heavy atom. The van der Waals surface area contributed by atoms with Crippen LogP contribution in [0, 0.1) is 17.8 Å². The molecule has 0 spiro atoms. The molecule has 0 radical (unpaired) electrons. The van der Waals surface area contributed by atoms with Crippen LogP contribution in [0.15, 0.2) is 42.2 Å². The zero-order valence-corrected chi connectivity index (χ0v) is 37.6. The van der Waals surface area contributed by atoms with Crippen LogP contribution in [0.3, 0.4) is 0 Å². The molecule has 8 amide bonds. The maximum atomic E-state index is 13.6. The zero-order chi connectivity index (χ0) is 49.6. The molecule has 22 heteroatoms. The smallest absolute Gasteiger partial charge is 0.303 e. The molecule has 3 unspecified atom stereocenters. The Kier molecular flexibility index (Phi) is 24.5. The number of hydrogen-bond acceptors (Lipinski definition) is 12. The van der Waals surface area contributed by atoms with Crippen molar-refractivity contribution in [3.05, 3.63) is 47.7 Å². The summed E-state index contributed by atoms with van der Waals surface area (Å²) in [6, 6.07) is 0.863. The Morgan fingerprint density at radius 2 is 1.14 bits per heavy atom. The van der Waals surface area contributed by atoms with Crippen LogP contribution in [-0.2, 0) is 54.4 Å². The summed E-state index contributed by atoms with van der Waals surface area (Å²) in [7, 11) is 0. The number of aliphatic hydroxyl groups excluding tert-OH is 2. The van der Waals surface area contributed by atoms with Crippen molar-refractivity contribution in [2.75, 3.05) is 0 Å². The van der Waals surface area contributed by atoms with E-state index >= 15 is 0 Å². The van der Waals surface area contributed by atoms with Gasteiger partial charge in [-0.15, -0.1) is 0 Å². The lowest BCUT2D eigenvalue weighted by Crippen LogP contribution is -2.59. The van der Waals surface area contributed by atoms with Crippen LogP contribution >= 0.6 is 0 Å². The summed E-state index contributed by atoms with van der Waals surface area (Å²) in [5.41, 5.74) is 11.6. The van der Waals surface area contributed by atoms with Crippen molar-refractivity contribution < 1.29 is 68.4 Å². The molecule has 0 aromatic heterocycles. The van der Waals surface area contributed by atoms with Crippen LogP contribution < -0.4 is 43.4 Å². The van der Waals surface area contributed by atoms with E-state index in [0.717, 1.165) is 6.92 Å². The predicted octanol–water partition coefficient (Wildman–Crippen LogP) is -0.831. The van der Waals surface area contributed by atoms with Gasteiger partial charge < -0.3 is 63.8 Å². The number of allylic oxidation sites excluding steroid dienone is 1. The summed E-state index contributed by atoms with van der Waals surface area (Å²) < 4.78 is 0. The van der Waals surface area contributed by atoms with Gasteiger partial charge in [0.05, 0.1) is 24.3 Å². The van der Waals surface area contributed by atoms with Crippen molar-refractivity contribution in [2.24, 2.45) is 29.2 Å². The topological polar surface area (TPSA) is 376 Å². The number of aliphatic hydroxyl groups is 2. The largest absolute Gasteiger partial charge is 0.513 e. The van der Waals surface area contributed by atoms with Gasteiger partial charge in [0.25, 0.3) is 0 Å². The Morgan fingerprint density at radius 1 is 0.631 bits per heavy atom. The van der Waals surface area contributed by atoms with Crippen LogP contribution in [0.5, 0.6) is 0 Å². The fourth-order valence-electron chi connectivity index (χ4n) is 6.45. The molecular weight excluding hydrogens is 853 g/mol. The number of nitrogens with two attached hydrogens (primary N) is 2. The Balaban J connectivity index is 3.12. The zero-order valence-electron chi connectivity index (χ0n) is 37.6. The third kappa shape index (κ3) is 22.6. The van der Waals surface area contributed by atoms with Crippen LogP contribution in [0.4, 0.5) is 0 Å². The van der Waals surface area contributed by atoms with Gasteiger partial charge >= 0.3 is 11.9 Å². The van der Waals surface area contributed by atoms with E-state index in [1.807, 2.05) is 0 Å². The number of carboxylic acid groups (broad SMARTS) is 2. The Bertz CT molecular complexity index is 1860. The lowest BCUT2D eigenvalue weighted by Gasteiger charge is -2.29. The van der Waals surface area contributed by atoms with Crippen molar-refractivity contribution in [3.63, 3.8) is 0 Å². The van der Waals surface area contributed by atoms with E-state index in [1.165, 1.54) is 13.0 Å². The predicted molar refractivity (Wildman–Crippen MR) is 234 cm³/mol. The van der Waals surface area contributed by atoms with Crippen LogP contribution in [0.25, 0.3) is 0 Å². The molecule has 65 heavy (non-hydrogen) atoms. The maximum absolute atomic E-state index is 13.6. The van der Waals surface area contributed by atoms with E-state index in [4.69, 9.17) is 16.6 Å². The first-order valence-corrected chi connectivity index (χ1v) is 21.2. The van der Waals surface area contributed by atoms with Crippen LogP contribution in [0.2, 0.25) is 0 Å². The molecule has 8 atom stereocenters. The fourth-order valence-corrected chi connectivity index (χ4v) is 6.45. The molecule has 0 aliphatic rings. The molecule has 0 bridgehead atoms. The molecule has 1 rings (SSSR count). The number of rotatable bonds is 30. The summed E-state index contributed by atoms with van der Waals surface area (Å²) in [6.07, 6.45) is -2.77. The molecular formula is C43H66N8O14. The maximum Gasteiger partial charge on any atom is 0.303 e. The molecule has 1 aromatic carbocycles. The van der Waals surface area contributed by atoms with E-state index in [0.29, 0.717) is 5.56 Å². The molecule has 0 aliphatic carbocycles. The average molecular weight is 919 g/mol. The number of carbonyl (C=O) groups excluding carboxylic acids is 8. The van der Waals surface area contributed by atoms with Crippen LogP contribution in [-0.4, -0.2) is 122 Å². The number of carbonyl (C=O) groups is 10.